The first-order valence-corrected chi connectivity index (χ1v) is 6.63. The van der Waals surface area contributed by atoms with Crippen molar-refractivity contribution in [3.8, 4) is 0 Å². The smallest absolute Gasteiger partial charge is 0.339 e. The van der Waals surface area contributed by atoms with Gasteiger partial charge >= 0.3 is 5.97 Å². The lowest BCUT2D eigenvalue weighted by molar-refractivity contribution is 0.0471. The molecule has 0 heterocycles. The molecule has 4 heteroatoms. The quantitative estimate of drug-likeness (QED) is 0.693. The van der Waals surface area contributed by atoms with Crippen LogP contribution in [-0.4, -0.2) is 5.97 Å². The Bertz CT molecular complexity index is 594. The Kier molecular flexibility index (Phi) is 4.22. The van der Waals surface area contributed by atoms with Crippen molar-refractivity contribution in [1.82, 2.24) is 0 Å². The van der Waals surface area contributed by atoms with E-state index in [1.54, 1.807) is 18.2 Å². The minimum Gasteiger partial charge on any atom is -0.457 e. The van der Waals surface area contributed by atoms with Crippen molar-refractivity contribution in [2.45, 2.75) is 13.5 Å². The molecule has 0 amide bonds. The van der Waals surface area contributed by atoms with Gasteiger partial charge in [-0.25, -0.2) is 4.79 Å². The predicted molar refractivity (Wildman–Crippen MR) is 78.9 cm³/mol. The number of benzene rings is 2. The average molecular weight is 320 g/mol. The van der Waals surface area contributed by atoms with E-state index in [0.29, 0.717) is 15.7 Å². The zero-order valence-corrected chi connectivity index (χ0v) is 12.1. The summed E-state index contributed by atoms with van der Waals surface area (Å²) in [6.07, 6.45) is 0. The maximum absolute atomic E-state index is 12.0. The van der Waals surface area contributed by atoms with Crippen LogP contribution in [0.3, 0.4) is 0 Å². The molecule has 0 fully saturated rings. The van der Waals surface area contributed by atoms with E-state index in [0.717, 1.165) is 5.56 Å². The normalized spacial score (nSPS) is 10.2. The van der Waals surface area contributed by atoms with Gasteiger partial charge in [-0.05, 0) is 46.6 Å². The molecule has 2 aromatic carbocycles. The first-order valence-electron chi connectivity index (χ1n) is 5.84. The average Bonchev–Trinajstić information content (AvgIpc) is 2.40. The number of aryl methyl sites for hydroxylation is 1. The minimum absolute atomic E-state index is 0.250. The third-order valence-electron chi connectivity index (χ3n) is 2.70. The van der Waals surface area contributed by atoms with Crippen molar-refractivity contribution in [3.63, 3.8) is 0 Å². The Balaban J connectivity index is 2.05. The monoisotopic (exact) mass is 319 g/mol. The molecule has 2 N–H and O–H groups in total. The van der Waals surface area contributed by atoms with Crippen molar-refractivity contribution in [1.29, 1.82) is 0 Å². The number of hydrogen-bond donors (Lipinski definition) is 1. The summed E-state index contributed by atoms with van der Waals surface area (Å²) >= 11 is 3.31. The molecule has 0 spiro atoms. The zero-order valence-electron chi connectivity index (χ0n) is 10.5. The van der Waals surface area contributed by atoms with Crippen LogP contribution in [0.2, 0.25) is 0 Å². The van der Waals surface area contributed by atoms with Crippen molar-refractivity contribution >= 4 is 27.6 Å². The number of rotatable bonds is 3. The summed E-state index contributed by atoms with van der Waals surface area (Å²) in [5, 5.41) is 0. The largest absolute Gasteiger partial charge is 0.457 e. The molecule has 0 unspecified atom stereocenters. The topological polar surface area (TPSA) is 52.3 Å². The highest BCUT2D eigenvalue weighted by atomic mass is 79.9. The summed E-state index contributed by atoms with van der Waals surface area (Å²) < 4.78 is 5.94. The lowest BCUT2D eigenvalue weighted by Crippen LogP contribution is -2.06. The summed E-state index contributed by atoms with van der Waals surface area (Å²) in [7, 11) is 0. The fourth-order valence-electron chi connectivity index (χ4n) is 1.61. The first-order chi connectivity index (χ1) is 9.06. The van der Waals surface area contributed by atoms with E-state index in [2.05, 4.69) is 15.9 Å². The van der Waals surface area contributed by atoms with Crippen LogP contribution in [0.5, 0.6) is 0 Å². The van der Waals surface area contributed by atoms with E-state index >= 15 is 0 Å². The van der Waals surface area contributed by atoms with Gasteiger partial charge in [0.05, 0.1) is 5.56 Å². The number of ether oxygens (including phenoxy) is 1. The third-order valence-corrected chi connectivity index (χ3v) is 3.39. The van der Waals surface area contributed by atoms with Crippen LogP contribution in [0.15, 0.2) is 46.9 Å². The van der Waals surface area contributed by atoms with Crippen molar-refractivity contribution in [3.05, 3.63) is 63.6 Å². The Hall–Kier alpha value is -1.81. The van der Waals surface area contributed by atoms with Gasteiger partial charge in [-0.15, -0.1) is 0 Å². The Morgan fingerprint density at radius 2 is 1.89 bits per heavy atom. The van der Waals surface area contributed by atoms with Gasteiger partial charge in [-0.1, -0.05) is 29.8 Å². The van der Waals surface area contributed by atoms with Gasteiger partial charge in [0, 0.05) is 10.2 Å². The van der Waals surface area contributed by atoms with Crippen LogP contribution in [0.4, 0.5) is 5.69 Å². The summed E-state index contributed by atoms with van der Waals surface area (Å²) in [6.45, 7) is 2.26. The van der Waals surface area contributed by atoms with E-state index in [-0.39, 0.29) is 12.6 Å². The number of halogens is 1. The SMILES string of the molecule is Cc1ccc(COC(=O)c2cc(N)ccc2Br)cc1. The zero-order chi connectivity index (χ0) is 13.8. The third kappa shape index (κ3) is 3.58. The maximum atomic E-state index is 12.0. The highest BCUT2D eigenvalue weighted by Gasteiger charge is 2.12. The van der Waals surface area contributed by atoms with Crippen LogP contribution in [0.1, 0.15) is 21.5 Å². The Morgan fingerprint density at radius 1 is 1.21 bits per heavy atom. The molecule has 0 bridgehead atoms. The Labute approximate surface area is 120 Å². The molecule has 0 aliphatic carbocycles. The van der Waals surface area contributed by atoms with Crippen LogP contribution in [0, 0.1) is 6.92 Å². The van der Waals surface area contributed by atoms with Gasteiger partial charge in [0.2, 0.25) is 0 Å². The molecule has 98 valence electrons. The number of nitrogens with two attached hydrogens (primary N) is 1. The number of nitrogen functional groups attached to an aromatic ring is 1. The molecule has 0 radical (unpaired) electrons. The van der Waals surface area contributed by atoms with Crippen molar-refractivity contribution in [2.24, 2.45) is 0 Å². The van der Waals surface area contributed by atoms with Gasteiger partial charge < -0.3 is 10.5 Å². The van der Waals surface area contributed by atoms with Crippen molar-refractivity contribution in [2.75, 3.05) is 5.73 Å². The van der Waals surface area contributed by atoms with Gasteiger partial charge in [0.1, 0.15) is 6.61 Å². The summed E-state index contributed by atoms with van der Waals surface area (Å²) in [5.74, 6) is -0.389. The molecule has 3 nitrogen and oxygen atoms in total. The molecule has 0 aromatic heterocycles. The molecule has 19 heavy (non-hydrogen) atoms. The van der Waals surface area contributed by atoms with E-state index < -0.39 is 0 Å². The van der Waals surface area contributed by atoms with Crippen LogP contribution in [-0.2, 0) is 11.3 Å². The number of hydrogen-bond acceptors (Lipinski definition) is 3. The van der Waals surface area contributed by atoms with Crippen molar-refractivity contribution < 1.29 is 9.53 Å². The first kappa shape index (κ1) is 13.6. The lowest BCUT2D eigenvalue weighted by atomic mass is 10.1. The highest BCUT2D eigenvalue weighted by molar-refractivity contribution is 9.10. The molecule has 0 saturated carbocycles. The molecular formula is C15H14BrNO2. The van der Waals surface area contributed by atoms with E-state index in [9.17, 15) is 4.79 Å². The fourth-order valence-corrected chi connectivity index (χ4v) is 2.02. The second-order valence-electron chi connectivity index (χ2n) is 4.30. The lowest BCUT2D eigenvalue weighted by Gasteiger charge is -2.07. The Morgan fingerprint density at radius 3 is 2.58 bits per heavy atom. The molecule has 2 aromatic rings. The molecule has 0 aliphatic rings. The maximum Gasteiger partial charge on any atom is 0.339 e. The van der Waals surface area contributed by atoms with Crippen LogP contribution < -0.4 is 5.73 Å². The molecule has 0 saturated heterocycles. The number of esters is 1. The number of carbonyl (C=O) groups is 1. The van der Waals surface area contributed by atoms with Gasteiger partial charge in [0.25, 0.3) is 0 Å². The minimum atomic E-state index is -0.389. The molecule has 2 rings (SSSR count). The van der Waals surface area contributed by atoms with Gasteiger partial charge in [-0.3, -0.25) is 0 Å². The molecule has 0 aliphatic heterocycles. The van der Waals surface area contributed by atoms with E-state index in [1.165, 1.54) is 5.56 Å². The fraction of sp³-hybridized carbons (Fsp3) is 0.133. The van der Waals surface area contributed by atoms with Gasteiger partial charge in [-0.2, -0.15) is 0 Å². The summed E-state index contributed by atoms with van der Waals surface area (Å²) in [4.78, 5) is 12.0. The number of anilines is 1. The molecular weight excluding hydrogens is 306 g/mol. The number of carbonyl (C=O) groups excluding carboxylic acids is 1. The van der Waals surface area contributed by atoms with E-state index in [4.69, 9.17) is 10.5 Å². The van der Waals surface area contributed by atoms with Crippen LogP contribution >= 0.6 is 15.9 Å². The second kappa shape index (κ2) is 5.89. The summed E-state index contributed by atoms with van der Waals surface area (Å²) in [6, 6.07) is 12.9. The van der Waals surface area contributed by atoms with Gasteiger partial charge in [0.15, 0.2) is 0 Å². The highest BCUT2D eigenvalue weighted by Crippen LogP contribution is 2.20. The molecule has 0 atom stereocenters. The van der Waals surface area contributed by atoms with E-state index in [1.807, 2.05) is 31.2 Å². The predicted octanol–water partition coefficient (Wildman–Crippen LogP) is 3.70. The summed E-state index contributed by atoms with van der Waals surface area (Å²) in [5.41, 5.74) is 8.76. The standard InChI is InChI=1S/C15H14BrNO2/c1-10-2-4-11(5-3-10)9-19-15(18)13-8-12(17)6-7-14(13)16/h2-8H,9,17H2,1H3. The second-order valence-corrected chi connectivity index (χ2v) is 5.16. The van der Waals surface area contributed by atoms with Crippen LogP contribution in [0.25, 0.3) is 0 Å².